The standard InChI is InChI=1S/C35H46O9/c1-17-7-26-33(40,28(17)38)15-24(16-42-19(3)36)11-25-27-31(5,6)35(27,44-20(4)37)29(18(2)34(25,26)41)43-30(39)32-12-21-8-22(13-32)10-23(9-21)14-32/h7,11,18,21-23,25-27,29,40-41H,8-10,12-16H2,1-6H3/t18-,21?,22?,23?,25+,26-,27-,29-,32?,33+,34-,35-/m1/s1. The molecular formula is C35H46O9. The Labute approximate surface area is 258 Å². The van der Waals surface area contributed by atoms with Crippen molar-refractivity contribution in [2.45, 2.75) is 109 Å². The topological polar surface area (TPSA) is 136 Å². The van der Waals surface area contributed by atoms with Crippen molar-refractivity contribution in [2.24, 2.45) is 52.3 Å². The zero-order valence-corrected chi connectivity index (χ0v) is 26.7. The number of ketones is 1. The van der Waals surface area contributed by atoms with Crippen molar-refractivity contribution in [1.82, 2.24) is 0 Å². The SMILES string of the molecule is CC(=O)OCC1=C[C@H]2[C@@H]3C(C)(C)[C@]3(OC(C)=O)[C@H](OC(=O)C34CC5CC(CC(C5)C3)C4)[C@@H](C)[C@]2(O)[C@@H]2C=C(C)C(=O)[C@]2(O)C1. The van der Waals surface area contributed by atoms with Gasteiger partial charge in [0.15, 0.2) is 11.4 Å². The Kier molecular flexibility index (Phi) is 6.36. The number of hydrogen-bond acceptors (Lipinski definition) is 9. The fourth-order valence-electron chi connectivity index (χ4n) is 11.8. The minimum Gasteiger partial charge on any atom is -0.461 e. The molecule has 0 amide bonds. The molecule has 8 aliphatic rings. The first-order valence-corrected chi connectivity index (χ1v) is 16.4. The maximum Gasteiger partial charge on any atom is 0.312 e. The van der Waals surface area contributed by atoms with Crippen LogP contribution in [-0.4, -0.2) is 63.4 Å². The first kappa shape index (κ1) is 30.2. The quantitative estimate of drug-likeness (QED) is 0.270. The van der Waals surface area contributed by atoms with Gasteiger partial charge >= 0.3 is 17.9 Å². The molecule has 6 fully saturated rings. The number of Topliss-reactive ketones (excluding diaryl/α,β-unsaturated/α-hetero) is 1. The zero-order chi connectivity index (χ0) is 31.8. The van der Waals surface area contributed by atoms with Crippen molar-refractivity contribution >= 4 is 23.7 Å². The van der Waals surface area contributed by atoms with Crippen LogP contribution < -0.4 is 0 Å². The second kappa shape index (κ2) is 9.27. The minimum atomic E-state index is -1.97. The van der Waals surface area contributed by atoms with Gasteiger partial charge in [0.25, 0.3) is 0 Å². The van der Waals surface area contributed by atoms with Gasteiger partial charge in [-0.3, -0.25) is 19.2 Å². The molecule has 44 heavy (non-hydrogen) atoms. The molecule has 9 heteroatoms. The van der Waals surface area contributed by atoms with E-state index in [1.165, 1.54) is 33.1 Å². The van der Waals surface area contributed by atoms with Gasteiger partial charge in [-0.15, -0.1) is 0 Å². The van der Waals surface area contributed by atoms with Gasteiger partial charge < -0.3 is 24.4 Å². The van der Waals surface area contributed by atoms with Crippen LogP contribution in [0.1, 0.15) is 86.5 Å². The molecule has 240 valence electrons. The molecule has 0 aromatic carbocycles. The predicted octanol–water partition coefficient (Wildman–Crippen LogP) is 3.84. The number of esters is 3. The van der Waals surface area contributed by atoms with Gasteiger partial charge in [0.1, 0.15) is 18.3 Å². The van der Waals surface area contributed by atoms with E-state index in [0.29, 0.717) is 28.9 Å². The fraction of sp³-hybridized carbons (Fsp3) is 0.771. The Balaban J connectivity index is 1.34. The summed E-state index contributed by atoms with van der Waals surface area (Å²) in [4.78, 5) is 52.5. The molecular weight excluding hydrogens is 564 g/mol. The maximum atomic E-state index is 14.4. The number of ether oxygens (including phenoxy) is 3. The monoisotopic (exact) mass is 610 g/mol. The van der Waals surface area contributed by atoms with Crippen molar-refractivity contribution in [3.05, 3.63) is 23.3 Å². The fourth-order valence-corrected chi connectivity index (χ4v) is 11.8. The first-order chi connectivity index (χ1) is 20.5. The second-order valence-corrected chi connectivity index (χ2v) is 16.2. The van der Waals surface area contributed by atoms with Crippen molar-refractivity contribution in [3.8, 4) is 0 Å². The highest BCUT2D eigenvalue weighted by molar-refractivity contribution is 6.04. The Bertz CT molecular complexity index is 1370. The maximum absolute atomic E-state index is 14.4. The Morgan fingerprint density at radius 2 is 1.55 bits per heavy atom. The summed E-state index contributed by atoms with van der Waals surface area (Å²) in [6, 6.07) is 0. The molecule has 4 bridgehead atoms. The molecule has 0 aromatic rings. The zero-order valence-electron chi connectivity index (χ0n) is 26.7. The number of aliphatic hydroxyl groups is 2. The molecule has 9 nitrogen and oxygen atoms in total. The van der Waals surface area contributed by atoms with E-state index in [1.54, 1.807) is 19.9 Å². The number of carbonyl (C=O) groups is 4. The highest BCUT2D eigenvalue weighted by atomic mass is 16.6. The third kappa shape index (κ3) is 3.77. The van der Waals surface area contributed by atoms with Gasteiger partial charge in [-0.25, -0.2) is 0 Å². The predicted molar refractivity (Wildman–Crippen MR) is 156 cm³/mol. The number of carbonyl (C=O) groups excluding carboxylic acids is 4. The van der Waals surface area contributed by atoms with Gasteiger partial charge in [-0.1, -0.05) is 32.9 Å². The summed E-state index contributed by atoms with van der Waals surface area (Å²) in [6.07, 6.45) is 8.29. The molecule has 2 N–H and O–H groups in total. The molecule has 8 atom stereocenters. The largest absolute Gasteiger partial charge is 0.461 e. The van der Waals surface area contributed by atoms with Crippen molar-refractivity contribution in [2.75, 3.05) is 6.61 Å². The van der Waals surface area contributed by atoms with Crippen LogP contribution in [0, 0.1) is 52.3 Å². The summed E-state index contributed by atoms with van der Waals surface area (Å²) in [7, 11) is 0. The van der Waals surface area contributed by atoms with E-state index in [1.807, 2.05) is 19.9 Å². The first-order valence-electron chi connectivity index (χ1n) is 16.4. The van der Waals surface area contributed by atoms with Gasteiger partial charge in [-0.2, -0.15) is 0 Å². The third-order valence-electron chi connectivity index (χ3n) is 13.2. The van der Waals surface area contributed by atoms with E-state index in [0.717, 1.165) is 19.3 Å². The Morgan fingerprint density at radius 3 is 2.09 bits per heavy atom. The molecule has 0 spiro atoms. The van der Waals surface area contributed by atoms with Crippen molar-refractivity contribution in [1.29, 1.82) is 0 Å². The molecule has 8 aliphatic carbocycles. The average Bonchev–Trinajstić information content (AvgIpc) is 3.34. The average molecular weight is 611 g/mol. The van der Waals surface area contributed by atoms with E-state index < -0.39 is 75.1 Å². The lowest BCUT2D eigenvalue weighted by atomic mass is 9.49. The Hall–Kier alpha value is -2.52. The molecule has 0 saturated heterocycles. The highest BCUT2D eigenvalue weighted by Gasteiger charge is 2.88. The van der Waals surface area contributed by atoms with E-state index >= 15 is 0 Å². The summed E-state index contributed by atoms with van der Waals surface area (Å²) in [5, 5.41) is 25.2. The van der Waals surface area contributed by atoms with Crippen LogP contribution in [-0.2, 0) is 33.4 Å². The van der Waals surface area contributed by atoms with Crippen LogP contribution in [0.4, 0.5) is 0 Å². The van der Waals surface area contributed by atoms with Crippen LogP contribution in [0.5, 0.6) is 0 Å². The van der Waals surface area contributed by atoms with Crippen LogP contribution in [0.3, 0.4) is 0 Å². The normalized spacial score (nSPS) is 49.0. The Morgan fingerprint density at radius 1 is 0.955 bits per heavy atom. The molecule has 0 radical (unpaired) electrons. The summed E-state index contributed by atoms with van der Waals surface area (Å²) in [5.41, 5.74) is -5.36. The smallest absolute Gasteiger partial charge is 0.312 e. The van der Waals surface area contributed by atoms with Crippen molar-refractivity contribution in [3.63, 3.8) is 0 Å². The summed E-state index contributed by atoms with van der Waals surface area (Å²) >= 11 is 0. The van der Waals surface area contributed by atoms with Crippen LogP contribution in [0.15, 0.2) is 23.3 Å². The van der Waals surface area contributed by atoms with E-state index in [4.69, 9.17) is 14.2 Å². The summed E-state index contributed by atoms with van der Waals surface area (Å²) in [6.45, 7) is 9.83. The van der Waals surface area contributed by atoms with Gasteiger partial charge in [-0.05, 0) is 74.3 Å². The van der Waals surface area contributed by atoms with Crippen LogP contribution >= 0.6 is 0 Å². The van der Waals surface area contributed by atoms with Gasteiger partial charge in [0.2, 0.25) is 0 Å². The molecule has 0 heterocycles. The summed E-state index contributed by atoms with van der Waals surface area (Å²) < 4.78 is 18.2. The van der Waals surface area contributed by atoms with Crippen molar-refractivity contribution < 1.29 is 43.6 Å². The lowest BCUT2D eigenvalue weighted by molar-refractivity contribution is -0.235. The molecule has 0 unspecified atom stereocenters. The van der Waals surface area contributed by atoms with Gasteiger partial charge in [0, 0.05) is 49.4 Å². The van der Waals surface area contributed by atoms with Crippen LogP contribution in [0.25, 0.3) is 0 Å². The minimum absolute atomic E-state index is 0.116. The van der Waals surface area contributed by atoms with Gasteiger partial charge in [0.05, 0.1) is 11.0 Å². The number of hydrogen-bond donors (Lipinski definition) is 2. The lowest BCUT2D eigenvalue weighted by Crippen LogP contribution is -2.66. The molecule has 0 aromatic heterocycles. The van der Waals surface area contributed by atoms with E-state index in [9.17, 15) is 29.4 Å². The summed E-state index contributed by atoms with van der Waals surface area (Å²) in [5.74, 6) is -3.21. The lowest BCUT2D eigenvalue weighted by Gasteiger charge is -2.56. The number of fused-ring (bicyclic) bond motifs is 5. The number of rotatable bonds is 5. The van der Waals surface area contributed by atoms with Crippen LogP contribution in [0.2, 0.25) is 0 Å². The van der Waals surface area contributed by atoms with E-state index in [-0.39, 0.29) is 19.0 Å². The van der Waals surface area contributed by atoms with E-state index in [2.05, 4.69) is 0 Å². The second-order valence-electron chi connectivity index (χ2n) is 16.2. The molecule has 8 rings (SSSR count). The molecule has 0 aliphatic heterocycles. The molecule has 6 saturated carbocycles. The highest BCUT2D eigenvalue weighted by Crippen LogP contribution is 2.77. The third-order valence-corrected chi connectivity index (χ3v) is 13.2.